The molecule has 0 bridgehead atoms. The van der Waals surface area contributed by atoms with Crippen molar-refractivity contribution in [1.29, 1.82) is 0 Å². The van der Waals surface area contributed by atoms with Crippen LogP contribution in [0.25, 0.3) is 0 Å². The fraction of sp³-hybridized carbons (Fsp3) is 0.692. The second-order valence-electron chi connectivity index (χ2n) is 5.25. The Labute approximate surface area is 121 Å². The lowest BCUT2D eigenvalue weighted by molar-refractivity contribution is 0.0229. The van der Waals surface area contributed by atoms with E-state index < -0.39 is 0 Å². The van der Waals surface area contributed by atoms with E-state index in [1.807, 2.05) is 11.3 Å². The fourth-order valence-electron chi connectivity index (χ4n) is 2.77. The van der Waals surface area contributed by atoms with Crippen LogP contribution in [0, 0.1) is 6.92 Å². The molecule has 0 aliphatic carbocycles. The largest absolute Gasteiger partial charge is 0.314 e. The zero-order chi connectivity index (χ0) is 12.5. The summed E-state index contributed by atoms with van der Waals surface area (Å²) in [7, 11) is 0. The standard InChI is InChI=1S/C13H20BrN3S/c1-10-13(14)6-12(18-10)9-16-7-11(8-16)17-4-2-15-3-5-17/h6,11,15H,2-5,7-9H2,1H3. The van der Waals surface area contributed by atoms with Crippen LogP contribution in [0.3, 0.4) is 0 Å². The smallest absolute Gasteiger partial charge is 0.0351 e. The van der Waals surface area contributed by atoms with Gasteiger partial charge >= 0.3 is 0 Å². The highest BCUT2D eigenvalue weighted by atomic mass is 79.9. The number of likely N-dealkylation sites (tertiary alicyclic amines) is 1. The highest BCUT2D eigenvalue weighted by Gasteiger charge is 2.32. The Morgan fingerprint density at radius 3 is 2.72 bits per heavy atom. The van der Waals surface area contributed by atoms with Crippen molar-refractivity contribution in [3.63, 3.8) is 0 Å². The Bertz CT molecular complexity index is 389. The topological polar surface area (TPSA) is 18.5 Å². The van der Waals surface area contributed by atoms with E-state index in [1.54, 1.807) is 0 Å². The molecule has 2 fully saturated rings. The van der Waals surface area contributed by atoms with Crippen LogP contribution >= 0.6 is 27.3 Å². The number of hydrogen-bond acceptors (Lipinski definition) is 4. The SMILES string of the molecule is Cc1sc(CN2CC(N3CCNCC3)C2)cc1Br. The first-order valence-corrected chi connectivity index (χ1v) is 8.25. The van der Waals surface area contributed by atoms with Gasteiger partial charge in [0.25, 0.3) is 0 Å². The number of nitrogens with zero attached hydrogens (tertiary/aromatic N) is 2. The Morgan fingerprint density at radius 1 is 1.39 bits per heavy atom. The summed E-state index contributed by atoms with van der Waals surface area (Å²) in [6, 6.07) is 3.08. The molecule has 0 saturated carbocycles. The predicted molar refractivity (Wildman–Crippen MR) is 80.3 cm³/mol. The minimum atomic E-state index is 0.802. The molecule has 0 spiro atoms. The number of rotatable bonds is 3. The Hall–Kier alpha value is 0.0600. The van der Waals surface area contributed by atoms with Crippen molar-refractivity contribution >= 4 is 27.3 Å². The van der Waals surface area contributed by atoms with Gasteiger partial charge in [-0.15, -0.1) is 11.3 Å². The molecular formula is C13H20BrN3S. The molecule has 0 unspecified atom stereocenters. The summed E-state index contributed by atoms with van der Waals surface area (Å²) in [5, 5.41) is 3.42. The summed E-state index contributed by atoms with van der Waals surface area (Å²) >= 11 is 5.51. The molecule has 5 heteroatoms. The van der Waals surface area contributed by atoms with E-state index in [2.05, 4.69) is 44.0 Å². The van der Waals surface area contributed by atoms with Crippen molar-refractivity contribution < 1.29 is 0 Å². The van der Waals surface area contributed by atoms with E-state index in [1.165, 1.54) is 40.4 Å². The lowest BCUT2D eigenvalue weighted by Crippen LogP contribution is -2.62. The van der Waals surface area contributed by atoms with E-state index >= 15 is 0 Å². The van der Waals surface area contributed by atoms with Gasteiger partial charge in [0.15, 0.2) is 0 Å². The molecule has 18 heavy (non-hydrogen) atoms. The number of hydrogen-bond donors (Lipinski definition) is 1. The Balaban J connectivity index is 1.47. The highest BCUT2D eigenvalue weighted by Crippen LogP contribution is 2.28. The minimum Gasteiger partial charge on any atom is -0.314 e. The Morgan fingerprint density at radius 2 is 2.11 bits per heavy atom. The molecule has 1 N–H and O–H groups in total. The maximum Gasteiger partial charge on any atom is 0.0351 e. The summed E-state index contributed by atoms with van der Waals surface area (Å²) in [5.74, 6) is 0. The van der Waals surface area contributed by atoms with Gasteiger partial charge in [-0.3, -0.25) is 9.80 Å². The number of piperazine rings is 1. The Kier molecular flexibility index (Phi) is 4.06. The van der Waals surface area contributed by atoms with Crippen LogP contribution in [-0.2, 0) is 6.54 Å². The second kappa shape index (κ2) is 5.59. The first-order chi connectivity index (χ1) is 8.72. The maximum atomic E-state index is 3.60. The van der Waals surface area contributed by atoms with Crippen molar-refractivity contribution in [2.75, 3.05) is 39.3 Å². The molecular weight excluding hydrogens is 310 g/mol. The zero-order valence-electron chi connectivity index (χ0n) is 10.8. The van der Waals surface area contributed by atoms with Gasteiger partial charge in [0.2, 0.25) is 0 Å². The highest BCUT2D eigenvalue weighted by molar-refractivity contribution is 9.10. The lowest BCUT2D eigenvalue weighted by Gasteiger charge is -2.46. The van der Waals surface area contributed by atoms with Crippen LogP contribution in [0.15, 0.2) is 10.5 Å². The maximum absolute atomic E-state index is 3.60. The molecule has 3 nitrogen and oxygen atoms in total. The molecule has 0 atom stereocenters. The number of thiophene rings is 1. The van der Waals surface area contributed by atoms with Gasteiger partial charge in [0, 0.05) is 66.1 Å². The predicted octanol–water partition coefficient (Wildman–Crippen LogP) is 1.91. The third kappa shape index (κ3) is 2.80. The molecule has 0 aromatic carbocycles. The second-order valence-corrected chi connectivity index (χ2v) is 7.45. The lowest BCUT2D eigenvalue weighted by atomic mass is 10.1. The monoisotopic (exact) mass is 329 g/mol. The van der Waals surface area contributed by atoms with E-state index in [-0.39, 0.29) is 0 Å². The van der Waals surface area contributed by atoms with Gasteiger partial charge in [-0.05, 0) is 28.9 Å². The van der Waals surface area contributed by atoms with Crippen LogP contribution in [0.2, 0.25) is 0 Å². The summed E-state index contributed by atoms with van der Waals surface area (Å²) in [6.07, 6.45) is 0. The van der Waals surface area contributed by atoms with Crippen molar-refractivity contribution in [3.05, 3.63) is 20.3 Å². The first-order valence-electron chi connectivity index (χ1n) is 6.64. The molecule has 2 saturated heterocycles. The molecule has 0 radical (unpaired) electrons. The van der Waals surface area contributed by atoms with Gasteiger partial charge in [-0.2, -0.15) is 0 Å². The minimum absolute atomic E-state index is 0.802. The molecule has 3 heterocycles. The quantitative estimate of drug-likeness (QED) is 0.913. The van der Waals surface area contributed by atoms with Crippen LogP contribution in [0.1, 0.15) is 9.75 Å². The first kappa shape index (κ1) is 13.1. The van der Waals surface area contributed by atoms with Gasteiger partial charge in [0.1, 0.15) is 0 Å². The average Bonchev–Trinajstić information content (AvgIpc) is 2.64. The van der Waals surface area contributed by atoms with Gasteiger partial charge in [0.05, 0.1) is 0 Å². The molecule has 1 aromatic rings. The third-order valence-corrected chi connectivity index (χ3v) is 6.01. The summed E-state index contributed by atoms with van der Waals surface area (Å²) in [4.78, 5) is 8.08. The van der Waals surface area contributed by atoms with Crippen molar-refractivity contribution in [2.24, 2.45) is 0 Å². The van der Waals surface area contributed by atoms with Crippen molar-refractivity contribution in [2.45, 2.75) is 19.5 Å². The van der Waals surface area contributed by atoms with Crippen LogP contribution < -0.4 is 5.32 Å². The number of aryl methyl sites for hydroxylation is 1. The molecule has 2 aliphatic rings. The van der Waals surface area contributed by atoms with E-state index in [0.717, 1.165) is 25.7 Å². The number of halogens is 1. The van der Waals surface area contributed by atoms with Gasteiger partial charge in [-0.25, -0.2) is 0 Å². The number of nitrogens with one attached hydrogen (secondary N) is 1. The molecule has 3 rings (SSSR count). The third-order valence-electron chi connectivity index (χ3n) is 3.89. The van der Waals surface area contributed by atoms with E-state index in [4.69, 9.17) is 0 Å². The van der Waals surface area contributed by atoms with E-state index in [0.29, 0.717) is 0 Å². The molecule has 2 aliphatic heterocycles. The van der Waals surface area contributed by atoms with Gasteiger partial charge < -0.3 is 5.32 Å². The van der Waals surface area contributed by atoms with Gasteiger partial charge in [-0.1, -0.05) is 0 Å². The van der Waals surface area contributed by atoms with Crippen molar-refractivity contribution in [1.82, 2.24) is 15.1 Å². The summed E-state index contributed by atoms with van der Waals surface area (Å²) in [6.45, 7) is 10.6. The van der Waals surface area contributed by atoms with Crippen LogP contribution in [-0.4, -0.2) is 55.1 Å². The molecule has 0 amide bonds. The van der Waals surface area contributed by atoms with E-state index in [9.17, 15) is 0 Å². The fourth-order valence-corrected chi connectivity index (χ4v) is 4.41. The molecule has 1 aromatic heterocycles. The van der Waals surface area contributed by atoms with Crippen molar-refractivity contribution in [3.8, 4) is 0 Å². The molecule has 100 valence electrons. The van der Waals surface area contributed by atoms with Crippen LogP contribution in [0.5, 0.6) is 0 Å². The summed E-state index contributed by atoms with van der Waals surface area (Å²) in [5.41, 5.74) is 0. The zero-order valence-corrected chi connectivity index (χ0v) is 13.2. The normalized spacial score (nSPS) is 23.2. The average molecular weight is 330 g/mol. The summed E-state index contributed by atoms with van der Waals surface area (Å²) < 4.78 is 1.27. The van der Waals surface area contributed by atoms with Crippen LogP contribution in [0.4, 0.5) is 0 Å².